The molecule has 0 aliphatic carbocycles. The van der Waals surface area contributed by atoms with Crippen molar-refractivity contribution in [3.8, 4) is 0 Å². The maximum Gasteiger partial charge on any atom is 0.339 e. The zero-order chi connectivity index (χ0) is 26.1. The highest BCUT2D eigenvalue weighted by Gasteiger charge is 2.24. The first-order chi connectivity index (χ1) is 16.3. The number of aryl methyl sites for hydroxylation is 1. The average Bonchev–Trinajstić information content (AvgIpc) is 3.17. The molecule has 1 atom stereocenters. The summed E-state index contributed by atoms with van der Waals surface area (Å²) in [5.74, 6) is -2.47. The number of rotatable bonds is 8. The molecule has 9 nitrogen and oxygen atoms in total. The van der Waals surface area contributed by atoms with Crippen molar-refractivity contribution in [2.45, 2.75) is 65.8 Å². The Labute approximate surface area is 202 Å². The Hall–Kier alpha value is -3.62. The molecule has 0 saturated heterocycles. The van der Waals surface area contributed by atoms with Crippen LogP contribution in [-0.4, -0.2) is 35.5 Å². The van der Waals surface area contributed by atoms with Crippen molar-refractivity contribution in [3.05, 3.63) is 45.5 Å². The number of carboxylic acid groups (broad SMARTS) is 1. The summed E-state index contributed by atoms with van der Waals surface area (Å²) in [4.78, 5) is 48.2. The Bertz CT molecular complexity index is 1340. The van der Waals surface area contributed by atoms with E-state index in [2.05, 4.69) is 31.4 Å². The fourth-order valence-electron chi connectivity index (χ4n) is 4.02. The summed E-state index contributed by atoms with van der Waals surface area (Å²) in [6.07, 6.45) is 1.83. The number of benzene rings is 1. The van der Waals surface area contributed by atoms with Gasteiger partial charge in [0.15, 0.2) is 0 Å². The van der Waals surface area contributed by atoms with E-state index < -0.39 is 29.5 Å². The van der Waals surface area contributed by atoms with Crippen molar-refractivity contribution in [3.63, 3.8) is 0 Å². The molecule has 3 N–H and O–H groups in total. The number of carbonyl (C=O) groups excluding carboxylic acids is 2. The molecule has 0 aliphatic heterocycles. The van der Waals surface area contributed by atoms with Crippen LogP contribution in [0.15, 0.2) is 32.0 Å². The molecule has 1 aromatic carbocycles. The van der Waals surface area contributed by atoms with Crippen LogP contribution in [0.25, 0.3) is 21.9 Å². The highest BCUT2D eigenvalue weighted by Crippen LogP contribution is 2.35. The van der Waals surface area contributed by atoms with Gasteiger partial charge in [0.1, 0.15) is 17.2 Å². The lowest BCUT2D eigenvalue weighted by Crippen LogP contribution is -2.48. The first-order valence-electron chi connectivity index (χ1n) is 11.6. The molecule has 2 aromatic heterocycles. The molecular formula is C26H32N2O7. The lowest BCUT2D eigenvalue weighted by Gasteiger charge is -2.18. The van der Waals surface area contributed by atoms with E-state index in [-0.39, 0.29) is 30.7 Å². The van der Waals surface area contributed by atoms with Gasteiger partial charge in [0.25, 0.3) is 0 Å². The van der Waals surface area contributed by atoms with Gasteiger partial charge in [-0.05, 0) is 36.3 Å². The molecule has 0 spiro atoms. The van der Waals surface area contributed by atoms with Gasteiger partial charge in [-0.25, -0.2) is 9.59 Å². The Morgan fingerprint density at radius 1 is 1.06 bits per heavy atom. The van der Waals surface area contributed by atoms with Crippen molar-refractivity contribution in [2.24, 2.45) is 5.92 Å². The van der Waals surface area contributed by atoms with E-state index in [0.717, 1.165) is 21.9 Å². The highest BCUT2D eigenvalue weighted by atomic mass is 16.4. The minimum atomic E-state index is -1.14. The molecule has 0 saturated carbocycles. The highest BCUT2D eigenvalue weighted by molar-refractivity contribution is 5.97. The van der Waals surface area contributed by atoms with Gasteiger partial charge in [-0.15, -0.1) is 0 Å². The molecule has 0 fully saturated rings. The topological polar surface area (TPSA) is 139 Å². The number of carbonyl (C=O) groups is 3. The van der Waals surface area contributed by atoms with Crippen LogP contribution in [-0.2, 0) is 26.2 Å². The van der Waals surface area contributed by atoms with Crippen LogP contribution in [0.5, 0.6) is 0 Å². The minimum absolute atomic E-state index is 0.0296. The Morgan fingerprint density at radius 3 is 2.34 bits per heavy atom. The quantitative estimate of drug-likeness (QED) is 0.416. The van der Waals surface area contributed by atoms with Crippen molar-refractivity contribution in [2.75, 3.05) is 6.54 Å². The summed E-state index contributed by atoms with van der Waals surface area (Å²) < 4.78 is 11.2. The largest absolute Gasteiger partial charge is 0.480 e. The summed E-state index contributed by atoms with van der Waals surface area (Å²) in [6, 6.07) is 2.63. The summed E-state index contributed by atoms with van der Waals surface area (Å²) in [6.45, 7) is 11.1. The molecule has 188 valence electrons. The predicted molar refractivity (Wildman–Crippen MR) is 131 cm³/mol. The normalized spacial score (nSPS) is 12.8. The van der Waals surface area contributed by atoms with Crippen LogP contribution in [0.4, 0.5) is 0 Å². The molecule has 35 heavy (non-hydrogen) atoms. The van der Waals surface area contributed by atoms with Crippen molar-refractivity contribution in [1.82, 2.24) is 10.6 Å². The van der Waals surface area contributed by atoms with Gasteiger partial charge in [0.2, 0.25) is 11.8 Å². The fourth-order valence-corrected chi connectivity index (χ4v) is 4.02. The first kappa shape index (κ1) is 26.0. The summed E-state index contributed by atoms with van der Waals surface area (Å²) in [7, 11) is 0. The SMILES string of the molecule is Cc1c(CCC(=O)NCC(=O)NC(C(=O)O)C(C)C)c(=O)oc2cc3occ(C(C)(C)C)c3cc12. The van der Waals surface area contributed by atoms with Crippen molar-refractivity contribution >= 4 is 39.7 Å². The lowest BCUT2D eigenvalue weighted by molar-refractivity contribution is -0.143. The summed E-state index contributed by atoms with van der Waals surface area (Å²) in [5.41, 5.74) is 2.56. The number of hydrogen-bond acceptors (Lipinski definition) is 6. The Balaban J connectivity index is 1.73. The Kier molecular flexibility index (Phi) is 7.38. The second-order valence-electron chi connectivity index (χ2n) is 10.1. The molecule has 1 unspecified atom stereocenters. The van der Waals surface area contributed by atoms with Crippen molar-refractivity contribution in [1.29, 1.82) is 0 Å². The van der Waals surface area contributed by atoms with Crippen molar-refractivity contribution < 1.29 is 28.3 Å². The molecule has 0 radical (unpaired) electrons. The van der Waals surface area contributed by atoms with E-state index in [1.807, 2.05) is 13.0 Å². The monoisotopic (exact) mass is 484 g/mol. The smallest absolute Gasteiger partial charge is 0.339 e. The molecule has 9 heteroatoms. The summed E-state index contributed by atoms with van der Waals surface area (Å²) in [5, 5.41) is 15.7. The minimum Gasteiger partial charge on any atom is -0.480 e. The number of carboxylic acids is 1. The van der Waals surface area contributed by atoms with Gasteiger partial charge in [-0.1, -0.05) is 34.6 Å². The van der Waals surface area contributed by atoms with E-state index in [4.69, 9.17) is 13.9 Å². The van der Waals surface area contributed by atoms with E-state index in [0.29, 0.717) is 16.7 Å². The zero-order valence-corrected chi connectivity index (χ0v) is 20.9. The number of furan rings is 1. The average molecular weight is 485 g/mol. The van der Waals surface area contributed by atoms with E-state index in [1.54, 1.807) is 26.2 Å². The van der Waals surface area contributed by atoms with Crippen LogP contribution >= 0.6 is 0 Å². The van der Waals surface area contributed by atoms with E-state index in [9.17, 15) is 19.2 Å². The van der Waals surface area contributed by atoms with Gasteiger partial charge in [-0.2, -0.15) is 0 Å². The third-order valence-electron chi connectivity index (χ3n) is 6.09. The van der Waals surface area contributed by atoms with Gasteiger partial charge in [0.05, 0.1) is 12.8 Å². The lowest BCUT2D eigenvalue weighted by atomic mass is 9.86. The number of hydrogen-bond donors (Lipinski definition) is 3. The van der Waals surface area contributed by atoms with Crippen LogP contribution in [0, 0.1) is 12.8 Å². The number of amides is 2. The molecule has 0 bridgehead atoms. The molecule has 3 rings (SSSR count). The Morgan fingerprint density at radius 2 is 1.74 bits per heavy atom. The van der Waals surface area contributed by atoms with Crippen LogP contribution in [0.1, 0.15) is 57.7 Å². The maximum absolute atomic E-state index is 12.6. The number of fused-ring (bicyclic) bond motifs is 2. The van der Waals surface area contributed by atoms with Gasteiger partial charge >= 0.3 is 11.6 Å². The van der Waals surface area contributed by atoms with Crippen LogP contribution < -0.4 is 16.3 Å². The third-order valence-corrected chi connectivity index (χ3v) is 6.09. The van der Waals surface area contributed by atoms with Gasteiger partial charge < -0.3 is 24.6 Å². The summed E-state index contributed by atoms with van der Waals surface area (Å²) >= 11 is 0. The number of aliphatic carboxylic acids is 1. The molecule has 0 aliphatic rings. The predicted octanol–water partition coefficient (Wildman–Crippen LogP) is 3.42. The van der Waals surface area contributed by atoms with Crippen LogP contribution in [0.2, 0.25) is 0 Å². The van der Waals surface area contributed by atoms with Gasteiger partial charge in [0, 0.05) is 34.4 Å². The zero-order valence-electron chi connectivity index (χ0n) is 20.9. The van der Waals surface area contributed by atoms with Gasteiger partial charge in [-0.3, -0.25) is 9.59 Å². The third kappa shape index (κ3) is 5.72. The van der Waals surface area contributed by atoms with E-state index >= 15 is 0 Å². The fraction of sp³-hybridized carbons (Fsp3) is 0.462. The molecule has 3 aromatic rings. The van der Waals surface area contributed by atoms with E-state index in [1.165, 1.54) is 0 Å². The second kappa shape index (κ2) is 9.93. The number of nitrogens with one attached hydrogen (secondary N) is 2. The van der Waals surface area contributed by atoms with Crippen LogP contribution in [0.3, 0.4) is 0 Å². The molecule has 2 heterocycles. The molecular weight excluding hydrogens is 452 g/mol. The first-order valence-corrected chi connectivity index (χ1v) is 11.6. The second-order valence-corrected chi connectivity index (χ2v) is 10.1. The maximum atomic E-state index is 12.6. The standard InChI is InChI=1S/C26H32N2O7/c1-13(2)23(24(31)32)28-22(30)11-27-21(29)8-7-15-14(3)16-9-17-18(26(4,5)6)12-34-19(17)10-20(16)35-25(15)33/h9-10,12-13,23H,7-8,11H2,1-6H3,(H,27,29)(H,28,30)(H,31,32). The molecule has 2 amide bonds.